The highest BCUT2D eigenvalue weighted by Gasteiger charge is 2.06. The Morgan fingerprint density at radius 1 is 1.57 bits per heavy atom. The van der Waals surface area contributed by atoms with Crippen molar-refractivity contribution in [3.05, 3.63) is 34.2 Å². The molecule has 78 valence electrons. The van der Waals surface area contributed by atoms with Crippen molar-refractivity contribution in [3.8, 4) is 0 Å². The van der Waals surface area contributed by atoms with Crippen LogP contribution in [-0.4, -0.2) is 29.4 Å². The summed E-state index contributed by atoms with van der Waals surface area (Å²) in [5.74, 6) is 0. The maximum absolute atomic E-state index is 11.4. The number of hydrogen-bond acceptors (Lipinski definition) is 3. The molecule has 0 saturated heterocycles. The van der Waals surface area contributed by atoms with Crippen LogP contribution in [-0.2, 0) is 6.54 Å². The summed E-state index contributed by atoms with van der Waals surface area (Å²) in [6, 6.07) is 5.07. The van der Waals surface area contributed by atoms with Crippen LogP contribution in [0.2, 0.25) is 0 Å². The zero-order chi connectivity index (χ0) is 10.6. The van der Waals surface area contributed by atoms with E-state index in [-0.39, 0.29) is 5.56 Å². The highest BCUT2D eigenvalue weighted by Crippen LogP contribution is 1.95. The number of aryl methyl sites for hydroxylation is 1. The van der Waals surface area contributed by atoms with Crippen LogP contribution in [0.15, 0.2) is 23.0 Å². The normalized spacial score (nSPS) is 12.8. The molecule has 1 aromatic rings. The summed E-state index contributed by atoms with van der Waals surface area (Å²) in [6.07, 6.45) is -0.529. The first-order chi connectivity index (χ1) is 6.65. The molecule has 0 aliphatic heterocycles. The predicted octanol–water partition coefficient (Wildman–Crippen LogP) is -0.263. The molecule has 0 spiro atoms. The Bertz CT molecular complexity index is 346. The van der Waals surface area contributed by atoms with Crippen molar-refractivity contribution < 1.29 is 5.11 Å². The number of rotatable bonds is 4. The van der Waals surface area contributed by atoms with Crippen LogP contribution in [0.5, 0.6) is 0 Å². The van der Waals surface area contributed by atoms with Gasteiger partial charge >= 0.3 is 0 Å². The van der Waals surface area contributed by atoms with Crippen LogP contribution in [0, 0.1) is 6.92 Å². The minimum atomic E-state index is -0.529. The SMILES string of the molecule is CNCC(O)Cn1c(C)cccc1=O. The molecule has 0 aliphatic carbocycles. The number of aliphatic hydroxyl groups is 1. The summed E-state index contributed by atoms with van der Waals surface area (Å²) >= 11 is 0. The van der Waals surface area contributed by atoms with Gasteiger partial charge in [-0.1, -0.05) is 6.07 Å². The van der Waals surface area contributed by atoms with Crippen molar-refractivity contribution in [2.45, 2.75) is 19.6 Å². The zero-order valence-corrected chi connectivity index (χ0v) is 8.53. The zero-order valence-electron chi connectivity index (χ0n) is 8.53. The molecule has 4 nitrogen and oxygen atoms in total. The van der Waals surface area contributed by atoms with Gasteiger partial charge in [-0.2, -0.15) is 0 Å². The number of aliphatic hydroxyl groups excluding tert-OH is 1. The van der Waals surface area contributed by atoms with Crippen LogP contribution >= 0.6 is 0 Å². The van der Waals surface area contributed by atoms with Gasteiger partial charge in [-0.05, 0) is 20.0 Å². The molecule has 0 saturated carbocycles. The maximum atomic E-state index is 11.4. The fraction of sp³-hybridized carbons (Fsp3) is 0.500. The van der Waals surface area contributed by atoms with Crippen LogP contribution in [0.4, 0.5) is 0 Å². The molecule has 1 atom stereocenters. The molecule has 14 heavy (non-hydrogen) atoms. The molecule has 0 aliphatic rings. The van der Waals surface area contributed by atoms with Crippen molar-refractivity contribution >= 4 is 0 Å². The van der Waals surface area contributed by atoms with E-state index in [0.29, 0.717) is 13.1 Å². The molecular weight excluding hydrogens is 180 g/mol. The molecule has 0 fully saturated rings. The van der Waals surface area contributed by atoms with Gasteiger partial charge in [0, 0.05) is 18.3 Å². The average Bonchev–Trinajstić information content (AvgIpc) is 2.12. The van der Waals surface area contributed by atoms with E-state index in [4.69, 9.17) is 0 Å². The van der Waals surface area contributed by atoms with E-state index in [2.05, 4.69) is 5.32 Å². The summed E-state index contributed by atoms with van der Waals surface area (Å²) in [5.41, 5.74) is 0.799. The van der Waals surface area contributed by atoms with Crippen molar-refractivity contribution in [1.29, 1.82) is 0 Å². The van der Waals surface area contributed by atoms with Crippen molar-refractivity contribution in [2.24, 2.45) is 0 Å². The highest BCUT2D eigenvalue weighted by molar-refractivity contribution is 5.04. The number of nitrogens with zero attached hydrogens (tertiary/aromatic N) is 1. The Morgan fingerprint density at radius 3 is 2.86 bits per heavy atom. The minimum Gasteiger partial charge on any atom is -0.390 e. The summed E-state index contributed by atoms with van der Waals surface area (Å²) in [7, 11) is 1.77. The summed E-state index contributed by atoms with van der Waals surface area (Å²) < 4.78 is 1.57. The van der Waals surface area contributed by atoms with Crippen LogP contribution in [0.3, 0.4) is 0 Å². The first-order valence-corrected chi connectivity index (χ1v) is 4.64. The second-order valence-electron chi connectivity index (χ2n) is 3.33. The fourth-order valence-electron chi connectivity index (χ4n) is 1.37. The number of nitrogens with one attached hydrogen (secondary N) is 1. The average molecular weight is 196 g/mol. The van der Waals surface area contributed by atoms with E-state index in [9.17, 15) is 9.90 Å². The van der Waals surface area contributed by atoms with Gasteiger partial charge in [-0.15, -0.1) is 0 Å². The monoisotopic (exact) mass is 196 g/mol. The lowest BCUT2D eigenvalue weighted by Gasteiger charge is -2.14. The smallest absolute Gasteiger partial charge is 0.250 e. The van der Waals surface area contributed by atoms with Gasteiger partial charge < -0.3 is 15.0 Å². The quantitative estimate of drug-likeness (QED) is 0.697. The Morgan fingerprint density at radius 2 is 2.29 bits per heavy atom. The summed E-state index contributed by atoms with van der Waals surface area (Å²) in [5, 5.41) is 12.4. The highest BCUT2D eigenvalue weighted by atomic mass is 16.3. The molecule has 1 aromatic heterocycles. The second-order valence-corrected chi connectivity index (χ2v) is 3.33. The van der Waals surface area contributed by atoms with Gasteiger partial charge in [0.25, 0.3) is 5.56 Å². The predicted molar refractivity (Wildman–Crippen MR) is 55.4 cm³/mol. The van der Waals surface area contributed by atoms with E-state index in [1.165, 1.54) is 6.07 Å². The number of likely N-dealkylation sites (N-methyl/N-ethyl adjacent to an activating group) is 1. The van der Waals surface area contributed by atoms with Gasteiger partial charge in [0.05, 0.1) is 12.6 Å². The van der Waals surface area contributed by atoms with Crippen LogP contribution < -0.4 is 10.9 Å². The second kappa shape index (κ2) is 4.93. The number of hydrogen-bond donors (Lipinski definition) is 2. The first-order valence-electron chi connectivity index (χ1n) is 4.64. The lowest BCUT2D eigenvalue weighted by Crippen LogP contribution is -2.33. The van der Waals surface area contributed by atoms with E-state index in [0.717, 1.165) is 5.69 Å². The third kappa shape index (κ3) is 2.68. The third-order valence-electron chi connectivity index (χ3n) is 2.10. The molecule has 0 radical (unpaired) electrons. The standard InChI is InChI=1S/C10H16N2O2/c1-8-4-3-5-10(14)12(8)7-9(13)6-11-2/h3-5,9,11,13H,6-7H2,1-2H3. The lowest BCUT2D eigenvalue weighted by molar-refractivity contribution is 0.152. The number of aromatic nitrogens is 1. The Hall–Kier alpha value is -1.13. The van der Waals surface area contributed by atoms with E-state index >= 15 is 0 Å². The molecule has 4 heteroatoms. The van der Waals surface area contributed by atoms with Crippen LogP contribution in [0.1, 0.15) is 5.69 Å². The molecule has 0 bridgehead atoms. The minimum absolute atomic E-state index is 0.0693. The molecule has 1 unspecified atom stereocenters. The van der Waals surface area contributed by atoms with Gasteiger partial charge in [-0.25, -0.2) is 0 Å². The fourth-order valence-corrected chi connectivity index (χ4v) is 1.37. The number of pyridine rings is 1. The van der Waals surface area contributed by atoms with Gasteiger partial charge in [0.15, 0.2) is 0 Å². The van der Waals surface area contributed by atoms with Gasteiger partial charge in [-0.3, -0.25) is 4.79 Å². The Kier molecular flexibility index (Phi) is 3.85. The molecule has 1 rings (SSSR count). The van der Waals surface area contributed by atoms with Crippen molar-refractivity contribution in [1.82, 2.24) is 9.88 Å². The molecule has 0 amide bonds. The van der Waals surface area contributed by atoms with E-state index in [1.807, 2.05) is 13.0 Å². The van der Waals surface area contributed by atoms with Crippen LogP contribution in [0.25, 0.3) is 0 Å². The summed E-state index contributed by atoms with van der Waals surface area (Å²) in [6.45, 7) is 2.68. The largest absolute Gasteiger partial charge is 0.390 e. The van der Waals surface area contributed by atoms with Gasteiger partial charge in [0.2, 0.25) is 0 Å². The van der Waals surface area contributed by atoms with Crippen molar-refractivity contribution in [2.75, 3.05) is 13.6 Å². The third-order valence-corrected chi connectivity index (χ3v) is 2.10. The van der Waals surface area contributed by atoms with E-state index < -0.39 is 6.10 Å². The molecule has 0 aromatic carbocycles. The van der Waals surface area contributed by atoms with E-state index in [1.54, 1.807) is 17.7 Å². The lowest BCUT2D eigenvalue weighted by atomic mass is 10.3. The topological polar surface area (TPSA) is 54.3 Å². The molecular formula is C10H16N2O2. The Labute approximate surface area is 83.2 Å². The van der Waals surface area contributed by atoms with Gasteiger partial charge in [0.1, 0.15) is 0 Å². The summed E-state index contributed by atoms with van der Waals surface area (Å²) in [4.78, 5) is 11.4. The van der Waals surface area contributed by atoms with Crippen molar-refractivity contribution in [3.63, 3.8) is 0 Å². The molecule has 2 N–H and O–H groups in total. The first kappa shape index (κ1) is 10.9. The molecule has 1 heterocycles. The maximum Gasteiger partial charge on any atom is 0.250 e. The Balaban J connectivity index is 2.80.